The lowest BCUT2D eigenvalue weighted by molar-refractivity contribution is 0.0976. The second-order valence-corrected chi connectivity index (χ2v) is 4.91. The summed E-state index contributed by atoms with van der Waals surface area (Å²) >= 11 is 1.65. The zero-order chi connectivity index (χ0) is 9.19. The van der Waals surface area contributed by atoms with Crippen LogP contribution in [0.4, 0.5) is 0 Å². The first-order valence-electron chi connectivity index (χ1n) is 4.14. The molecule has 0 saturated heterocycles. The molecule has 0 amide bonds. The van der Waals surface area contributed by atoms with Crippen molar-refractivity contribution in [2.75, 3.05) is 12.9 Å². The summed E-state index contributed by atoms with van der Waals surface area (Å²) in [6.07, 6.45) is 4.42. The van der Waals surface area contributed by atoms with Crippen molar-refractivity contribution in [1.82, 2.24) is 0 Å². The van der Waals surface area contributed by atoms with Gasteiger partial charge in [-0.2, -0.15) is 11.8 Å². The standard InChI is InChI=1S/C9H16O2S/c1-9(2,12-3)8(10)7-5-4-6-11-7/h5,8,10H,4,6H2,1-3H3. The van der Waals surface area contributed by atoms with Crippen LogP contribution in [-0.2, 0) is 4.74 Å². The van der Waals surface area contributed by atoms with Gasteiger partial charge in [-0.15, -0.1) is 0 Å². The molecule has 1 unspecified atom stereocenters. The summed E-state index contributed by atoms with van der Waals surface area (Å²) in [5, 5.41) is 9.86. The van der Waals surface area contributed by atoms with Gasteiger partial charge < -0.3 is 9.84 Å². The first-order chi connectivity index (χ1) is 5.58. The maximum Gasteiger partial charge on any atom is 0.125 e. The Kier molecular flexibility index (Phi) is 3.07. The molecule has 1 N–H and O–H groups in total. The van der Waals surface area contributed by atoms with Gasteiger partial charge in [-0.1, -0.05) is 0 Å². The number of aliphatic hydroxyl groups excluding tert-OH is 1. The van der Waals surface area contributed by atoms with Gasteiger partial charge in [-0.3, -0.25) is 0 Å². The summed E-state index contributed by atoms with van der Waals surface area (Å²) in [5.41, 5.74) is 0. The van der Waals surface area contributed by atoms with E-state index in [1.807, 2.05) is 26.2 Å². The largest absolute Gasteiger partial charge is 0.495 e. The molecule has 0 aromatic heterocycles. The van der Waals surface area contributed by atoms with E-state index in [2.05, 4.69) is 0 Å². The van der Waals surface area contributed by atoms with Crippen LogP contribution in [0.3, 0.4) is 0 Å². The second kappa shape index (κ2) is 3.71. The number of hydrogen-bond acceptors (Lipinski definition) is 3. The molecule has 70 valence electrons. The average Bonchev–Trinajstić information content (AvgIpc) is 2.55. The Morgan fingerprint density at radius 1 is 1.67 bits per heavy atom. The Hall–Kier alpha value is -0.150. The Morgan fingerprint density at radius 3 is 2.75 bits per heavy atom. The number of thioether (sulfide) groups is 1. The van der Waals surface area contributed by atoms with Crippen molar-refractivity contribution in [3.05, 3.63) is 11.8 Å². The average molecular weight is 188 g/mol. The SMILES string of the molecule is CSC(C)(C)C(O)C1=CCCO1. The highest BCUT2D eigenvalue weighted by Gasteiger charge is 2.31. The first kappa shape index (κ1) is 9.93. The second-order valence-electron chi connectivity index (χ2n) is 3.45. The molecular weight excluding hydrogens is 172 g/mol. The van der Waals surface area contributed by atoms with E-state index in [9.17, 15) is 5.11 Å². The fraction of sp³-hybridized carbons (Fsp3) is 0.778. The van der Waals surface area contributed by atoms with Gasteiger partial charge in [0.15, 0.2) is 0 Å². The summed E-state index contributed by atoms with van der Waals surface area (Å²) in [7, 11) is 0. The maximum atomic E-state index is 9.86. The molecule has 0 aromatic rings. The number of ether oxygens (including phenoxy) is 1. The van der Waals surface area contributed by atoms with E-state index < -0.39 is 6.10 Å². The zero-order valence-electron chi connectivity index (χ0n) is 7.83. The summed E-state index contributed by atoms with van der Waals surface area (Å²) in [6, 6.07) is 0. The van der Waals surface area contributed by atoms with Crippen LogP contribution in [0.5, 0.6) is 0 Å². The first-order valence-corrected chi connectivity index (χ1v) is 5.36. The van der Waals surface area contributed by atoms with E-state index in [-0.39, 0.29) is 4.75 Å². The van der Waals surface area contributed by atoms with Crippen LogP contribution in [0.15, 0.2) is 11.8 Å². The summed E-state index contributed by atoms with van der Waals surface area (Å²) in [6.45, 7) is 4.76. The molecule has 1 aliphatic rings. The third-order valence-electron chi connectivity index (χ3n) is 2.19. The van der Waals surface area contributed by atoms with Crippen molar-refractivity contribution < 1.29 is 9.84 Å². The van der Waals surface area contributed by atoms with Crippen LogP contribution in [0.2, 0.25) is 0 Å². The van der Waals surface area contributed by atoms with Crippen molar-refractivity contribution in [2.45, 2.75) is 31.1 Å². The number of rotatable bonds is 3. The molecule has 0 bridgehead atoms. The highest BCUT2D eigenvalue weighted by Crippen LogP contribution is 2.31. The number of aliphatic hydroxyl groups is 1. The predicted molar refractivity (Wildman–Crippen MR) is 52.3 cm³/mol. The molecule has 0 fully saturated rings. The zero-order valence-corrected chi connectivity index (χ0v) is 8.65. The highest BCUT2D eigenvalue weighted by atomic mass is 32.2. The van der Waals surface area contributed by atoms with Crippen molar-refractivity contribution in [3.8, 4) is 0 Å². The molecule has 0 spiro atoms. The van der Waals surface area contributed by atoms with Crippen LogP contribution in [-0.4, -0.2) is 28.8 Å². The van der Waals surface area contributed by atoms with E-state index in [1.165, 1.54) is 0 Å². The van der Waals surface area contributed by atoms with Crippen LogP contribution in [0.1, 0.15) is 20.3 Å². The van der Waals surface area contributed by atoms with Gasteiger partial charge in [0.25, 0.3) is 0 Å². The quantitative estimate of drug-likeness (QED) is 0.732. The van der Waals surface area contributed by atoms with E-state index in [0.717, 1.165) is 18.8 Å². The van der Waals surface area contributed by atoms with Gasteiger partial charge in [-0.25, -0.2) is 0 Å². The molecule has 3 heteroatoms. The van der Waals surface area contributed by atoms with E-state index in [4.69, 9.17) is 4.74 Å². The fourth-order valence-electron chi connectivity index (χ4n) is 1.08. The van der Waals surface area contributed by atoms with Crippen LogP contribution < -0.4 is 0 Å². The van der Waals surface area contributed by atoms with Crippen LogP contribution >= 0.6 is 11.8 Å². The monoisotopic (exact) mass is 188 g/mol. The van der Waals surface area contributed by atoms with Gasteiger partial charge in [-0.05, 0) is 26.2 Å². The molecule has 2 nitrogen and oxygen atoms in total. The topological polar surface area (TPSA) is 29.5 Å². The number of hydrogen-bond donors (Lipinski definition) is 1. The summed E-state index contributed by atoms with van der Waals surface area (Å²) < 4.78 is 5.14. The summed E-state index contributed by atoms with van der Waals surface area (Å²) in [4.78, 5) is 0. The fourth-order valence-corrected chi connectivity index (χ4v) is 1.42. The molecule has 0 aliphatic carbocycles. The van der Waals surface area contributed by atoms with Gasteiger partial charge >= 0.3 is 0 Å². The summed E-state index contributed by atoms with van der Waals surface area (Å²) in [5.74, 6) is 0.745. The molecular formula is C9H16O2S. The Bertz CT molecular complexity index is 187. The van der Waals surface area contributed by atoms with Gasteiger partial charge in [0.2, 0.25) is 0 Å². The Labute approximate surface area is 78.0 Å². The minimum Gasteiger partial charge on any atom is -0.495 e. The van der Waals surface area contributed by atoms with Gasteiger partial charge in [0.1, 0.15) is 11.9 Å². The predicted octanol–water partition coefficient (Wildman–Crippen LogP) is 1.79. The van der Waals surface area contributed by atoms with Crippen molar-refractivity contribution in [2.24, 2.45) is 0 Å². The Balaban J connectivity index is 2.62. The molecule has 12 heavy (non-hydrogen) atoms. The molecule has 0 radical (unpaired) electrons. The molecule has 0 aromatic carbocycles. The van der Waals surface area contributed by atoms with Crippen molar-refractivity contribution in [3.63, 3.8) is 0 Å². The van der Waals surface area contributed by atoms with E-state index >= 15 is 0 Å². The minimum atomic E-state index is -0.477. The lowest BCUT2D eigenvalue weighted by atomic mass is 10.0. The van der Waals surface area contributed by atoms with Crippen molar-refractivity contribution in [1.29, 1.82) is 0 Å². The molecule has 1 atom stereocenters. The van der Waals surface area contributed by atoms with Crippen LogP contribution in [0, 0.1) is 0 Å². The van der Waals surface area contributed by atoms with E-state index in [0.29, 0.717) is 0 Å². The maximum absolute atomic E-state index is 9.86. The van der Waals surface area contributed by atoms with Gasteiger partial charge in [0.05, 0.1) is 6.61 Å². The van der Waals surface area contributed by atoms with E-state index in [1.54, 1.807) is 11.8 Å². The lowest BCUT2D eigenvalue weighted by Gasteiger charge is -2.28. The third-order valence-corrected chi connectivity index (χ3v) is 3.46. The van der Waals surface area contributed by atoms with Gasteiger partial charge in [0, 0.05) is 11.2 Å². The lowest BCUT2D eigenvalue weighted by Crippen LogP contribution is -2.34. The normalized spacial score (nSPS) is 20.2. The molecule has 0 saturated carbocycles. The molecule has 1 heterocycles. The smallest absolute Gasteiger partial charge is 0.125 e. The van der Waals surface area contributed by atoms with Crippen molar-refractivity contribution >= 4 is 11.8 Å². The highest BCUT2D eigenvalue weighted by molar-refractivity contribution is 8.00. The molecule has 1 aliphatic heterocycles. The molecule has 1 rings (SSSR count). The Morgan fingerprint density at radius 2 is 2.33 bits per heavy atom. The minimum absolute atomic E-state index is 0.157. The third kappa shape index (κ3) is 1.96. The van der Waals surface area contributed by atoms with Crippen LogP contribution in [0.25, 0.3) is 0 Å².